The third-order valence-electron chi connectivity index (χ3n) is 3.31. The average molecular weight is 386 g/mol. The first kappa shape index (κ1) is 19.6. The van der Waals surface area contributed by atoms with Gasteiger partial charge in [-0.25, -0.2) is 4.99 Å². The van der Waals surface area contributed by atoms with Crippen molar-refractivity contribution in [2.45, 2.75) is 13.2 Å². The van der Waals surface area contributed by atoms with E-state index < -0.39 is 6.61 Å². The molecular formula is C17H18ClF2N3O3. The maximum absolute atomic E-state index is 12.5. The summed E-state index contributed by atoms with van der Waals surface area (Å²) >= 11 is 5.90. The first-order chi connectivity index (χ1) is 12.4. The Hall–Kier alpha value is -2.74. The monoisotopic (exact) mass is 385 g/mol. The molecule has 0 bridgehead atoms. The Morgan fingerprint density at radius 1 is 1.12 bits per heavy atom. The summed E-state index contributed by atoms with van der Waals surface area (Å²) in [5.74, 6) is 1.17. The molecule has 0 amide bonds. The molecule has 0 unspecified atom stereocenters. The van der Waals surface area contributed by atoms with Crippen molar-refractivity contribution < 1.29 is 23.0 Å². The number of hydrogen-bond donors (Lipinski definition) is 2. The molecule has 0 aromatic heterocycles. The van der Waals surface area contributed by atoms with Crippen LogP contribution < -0.4 is 25.3 Å². The number of rotatable bonds is 7. The van der Waals surface area contributed by atoms with Gasteiger partial charge in [0.15, 0.2) is 17.5 Å². The summed E-state index contributed by atoms with van der Waals surface area (Å²) in [7, 11) is 3.05. The molecule has 0 atom stereocenters. The Balaban J connectivity index is 2.12. The van der Waals surface area contributed by atoms with E-state index in [0.29, 0.717) is 27.8 Å². The zero-order chi connectivity index (χ0) is 19.1. The fourth-order valence-electron chi connectivity index (χ4n) is 2.15. The minimum atomic E-state index is -2.94. The number of ether oxygens (including phenoxy) is 3. The second-order valence-electron chi connectivity index (χ2n) is 5.03. The topological polar surface area (TPSA) is 78.1 Å². The molecule has 0 aliphatic carbocycles. The predicted octanol–water partition coefficient (Wildman–Crippen LogP) is 3.89. The lowest BCUT2D eigenvalue weighted by atomic mass is 10.2. The molecule has 140 valence electrons. The standard InChI is InChI=1S/C17H18ClF2N3O3/c1-24-14-6-4-12(8-15(14)25-2)23-17(21)22-9-10-7-11(18)3-5-13(10)26-16(19)20/h3-8,16H,9H2,1-2H3,(H3,21,22,23). The van der Waals surface area contributed by atoms with Crippen LogP contribution in [0.1, 0.15) is 5.56 Å². The molecule has 2 rings (SSSR count). The molecule has 2 aromatic rings. The van der Waals surface area contributed by atoms with Crippen LogP contribution >= 0.6 is 11.6 Å². The number of methoxy groups -OCH3 is 2. The van der Waals surface area contributed by atoms with Crippen LogP contribution in [0.25, 0.3) is 0 Å². The van der Waals surface area contributed by atoms with Gasteiger partial charge in [0.2, 0.25) is 0 Å². The van der Waals surface area contributed by atoms with Crippen molar-refractivity contribution in [3.8, 4) is 17.2 Å². The van der Waals surface area contributed by atoms with E-state index in [1.165, 1.54) is 32.4 Å². The van der Waals surface area contributed by atoms with Crippen molar-refractivity contribution >= 4 is 23.2 Å². The number of alkyl halides is 2. The van der Waals surface area contributed by atoms with Gasteiger partial charge in [-0.1, -0.05) is 11.6 Å². The van der Waals surface area contributed by atoms with E-state index in [4.69, 9.17) is 26.8 Å². The molecule has 3 N–H and O–H groups in total. The van der Waals surface area contributed by atoms with E-state index >= 15 is 0 Å². The molecule has 2 aromatic carbocycles. The SMILES string of the molecule is COc1ccc(NC(N)=NCc2cc(Cl)ccc2OC(F)F)cc1OC. The van der Waals surface area contributed by atoms with Gasteiger partial charge in [0.05, 0.1) is 20.8 Å². The maximum atomic E-state index is 12.5. The highest BCUT2D eigenvalue weighted by Crippen LogP contribution is 2.29. The fourth-order valence-corrected chi connectivity index (χ4v) is 2.35. The largest absolute Gasteiger partial charge is 0.493 e. The number of nitrogens with two attached hydrogens (primary N) is 1. The molecule has 9 heteroatoms. The second-order valence-corrected chi connectivity index (χ2v) is 5.46. The number of halogens is 3. The summed E-state index contributed by atoms with van der Waals surface area (Å²) < 4.78 is 39.8. The van der Waals surface area contributed by atoms with Gasteiger partial charge < -0.3 is 25.3 Å². The molecule has 6 nitrogen and oxygen atoms in total. The first-order valence-electron chi connectivity index (χ1n) is 7.45. The number of benzene rings is 2. The molecule has 0 saturated heterocycles. The molecule has 0 fully saturated rings. The second kappa shape index (κ2) is 9.10. The molecular weight excluding hydrogens is 368 g/mol. The lowest BCUT2D eigenvalue weighted by molar-refractivity contribution is -0.0504. The van der Waals surface area contributed by atoms with Crippen molar-refractivity contribution in [3.63, 3.8) is 0 Å². The van der Waals surface area contributed by atoms with Crippen molar-refractivity contribution in [1.82, 2.24) is 0 Å². The Labute approximate surface area is 154 Å². The van der Waals surface area contributed by atoms with Crippen LogP contribution in [0.3, 0.4) is 0 Å². The Kier molecular flexibility index (Phi) is 6.85. The van der Waals surface area contributed by atoms with E-state index in [-0.39, 0.29) is 18.3 Å². The highest BCUT2D eigenvalue weighted by molar-refractivity contribution is 6.30. The fraction of sp³-hybridized carbons (Fsp3) is 0.235. The Morgan fingerprint density at radius 3 is 2.46 bits per heavy atom. The van der Waals surface area contributed by atoms with Gasteiger partial charge in [-0.15, -0.1) is 0 Å². The summed E-state index contributed by atoms with van der Waals surface area (Å²) in [5, 5.41) is 3.26. The molecule has 0 aliphatic heterocycles. The van der Waals surface area contributed by atoms with Crippen molar-refractivity contribution in [2.24, 2.45) is 10.7 Å². The zero-order valence-corrected chi connectivity index (χ0v) is 14.9. The highest BCUT2D eigenvalue weighted by atomic mass is 35.5. The van der Waals surface area contributed by atoms with Gasteiger partial charge >= 0.3 is 6.61 Å². The number of guanidine groups is 1. The molecule has 0 spiro atoms. The maximum Gasteiger partial charge on any atom is 0.387 e. The lowest BCUT2D eigenvalue weighted by Crippen LogP contribution is -2.22. The van der Waals surface area contributed by atoms with Crippen LogP contribution in [0, 0.1) is 0 Å². The predicted molar refractivity (Wildman–Crippen MR) is 96.6 cm³/mol. The van der Waals surface area contributed by atoms with E-state index in [9.17, 15) is 8.78 Å². The van der Waals surface area contributed by atoms with Gasteiger partial charge in [0.25, 0.3) is 0 Å². The van der Waals surface area contributed by atoms with Crippen LogP contribution in [-0.4, -0.2) is 26.8 Å². The summed E-state index contributed by atoms with van der Waals surface area (Å²) in [6, 6.07) is 9.43. The molecule has 0 radical (unpaired) electrons. The highest BCUT2D eigenvalue weighted by Gasteiger charge is 2.10. The normalized spacial score (nSPS) is 11.4. The van der Waals surface area contributed by atoms with E-state index in [1.54, 1.807) is 18.2 Å². The van der Waals surface area contributed by atoms with E-state index in [0.717, 1.165) is 0 Å². The number of nitrogens with one attached hydrogen (secondary N) is 1. The van der Waals surface area contributed by atoms with Crippen LogP contribution in [0.5, 0.6) is 17.2 Å². The van der Waals surface area contributed by atoms with Gasteiger partial charge in [-0.05, 0) is 30.3 Å². The third kappa shape index (κ3) is 5.38. The van der Waals surface area contributed by atoms with Gasteiger partial charge in [-0.2, -0.15) is 8.78 Å². The summed E-state index contributed by atoms with van der Waals surface area (Å²) in [4.78, 5) is 4.12. The van der Waals surface area contributed by atoms with Gasteiger partial charge in [0, 0.05) is 22.3 Å². The van der Waals surface area contributed by atoms with Gasteiger partial charge in [-0.3, -0.25) is 0 Å². The average Bonchev–Trinajstić information content (AvgIpc) is 2.61. The number of nitrogens with zero attached hydrogens (tertiary/aromatic N) is 1. The third-order valence-corrected chi connectivity index (χ3v) is 3.55. The van der Waals surface area contributed by atoms with Crippen LogP contribution in [0.2, 0.25) is 5.02 Å². The zero-order valence-electron chi connectivity index (χ0n) is 14.1. The van der Waals surface area contributed by atoms with Crippen molar-refractivity contribution in [3.05, 3.63) is 47.0 Å². The van der Waals surface area contributed by atoms with Crippen LogP contribution in [0.15, 0.2) is 41.4 Å². The van der Waals surface area contributed by atoms with Crippen molar-refractivity contribution in [1.29, 1.82) is 0 Å². The summed E-state index contributed by atoms with van der Waals surface area (Å²) in [5.41, 5.74) is 6.86. The Morgan fingerprint density at radius 2 is 1.81 bits per heavy atom. The number of anilines is 1. The quantitative estimate of drug-likeness (QED) is 0.558. The molecule has 26 heavy (non-hydrogen) atoms. The summed E-state index contributed by atoms with van der Waals surface area (Å²) in [6.07, 6.45) is 0. The molecule has 0 aliphatic rings. The minimum Gasteiger partial charge on any atom is -0.493 e. The molecule has 0 saturated carbocycles. The smallest absolute Gasteiger partial charge is 0.387 e. The van der Waals surface area contributed by atoms with Gasteiger partial charge in [0.1, 0.15) is 5.75 Å². The van der Waals surface area contributed by atoms with E-state index in [2.05, 4.69) is 15.0 Å². The van der Waals surface area contributed by atoms with Crippen molar-refractivity contribution in [2.75, 3.05) is 19.5 Å². The van der Waals surface area contributed by atoms with E-state index in [1.807, 2.05) is 0 Å². The lowest BCUT2D eigenvalue weighted by Gasteiger charge is -2.12. The molecule has 0 heterocycles. The number of hydrogen-bond acceptors (Lipinski definition) is 4. The minimum absolute atomic E-state index is 0.00735. The first-order valence-corrected chi connectivity index (χ1v) is 7.83. The summed E-state index contributed by atoms with van der Waals surface area (Å²) in [6.45, 7) is -2.93. The Bertz CT molecular complexity index is 788. The van der Waals surface area contributed by atoms with Crippen LogP contribution in [0.4, 0.5) is 14.5 Å². The van der Waals surface area contributed by atoms with Crippen LogP contribution in [-0.2, 0) is 6.54 Å². The number of aliphatic imine (C=N–C) groups is 1.